The molecule has 2 aromatic rings. The van der Waals surface area contributed by atoms with Crippen molar-refractivity contribution in [2.24, 2.45) is 7.05 Å². The van der Waals surface area contributed by atoms with E-state index in [0.29, 0.717) is 36.1 Å². The first-order chi connectivity index (χ1) is 9.63. The lowest BCUT2D eigenvalue weighted by molar-refractivity contribution is -0.121. The Labute approximate surface area is 117 Å². The van der Waals surface area contributed by atoms with E-state index in [-0.39, 0.29) is 11.5 Å². The van der Waals surface area contributed by atoms with Gasteiger partial charge in [-0.1, -0.05) is 19.1 Å². The fourth-order valence-corrected chi connectivity index (χ4v) is 2.12. The summed E-state index contributed by atoms with van der Waals surface area (Å²) in [7, 11) is 1.71. The maximum absolute atomic E-state index is 12.2. The standard InChI is InChI=1S/C15H19N3O2/c1-3-6-14(19)16-10-9-13-17-12-8-5-4-7-11(12)15(20)18(13)2/h4-5,7-8H,3,6,9-10H2,1-2H3,(H,16,19). The van der Waals surface area contributed by atoms with Crippen molar-refractivity contribution in [1.29, 1.82) is 0 Å². The van der Waals surface area contributed by atoms with E-state index in [9.17, 15) is 9.59 Å². The zero-order valence-electron chi connectivity index (χ0n) is 11.8. The van der Waals surface area contributed by atoms with Crippen LogP contribution in [0.25, 0.3) is 10.9 Å². The Morgan fingerprint density at radius 2 is 2.10 bits per heavy atom. The number of carbonyl (C=O) groups is 1. The normalized spacial score (nSPS) is 10.7. The average Bonchev–Trinajstić information content (AvgIpc) is 2.44. The molecule has 0 saturated heterocycles. The fourth-order valence-electron chi connectivity index (χ4n) is 2.12. The second-order valence-electron chi connectivity index (χ2n) is 4.76. The summed E-state index contributed by atoms with van der Waals surface area (Å²) in [5.41, 5.74) is 0.649. The molecule has 2 rings (SSSR count). The maximum Gasteiger partial charge on any atom is 0.261 e. The molecule has 1 aromatic carbocycles. The highest BCUT2D eigenvalue weighted by atomic mass is 16.1. The van der Waals surface area contributed by atoms with Gasteiger partial charge in [-0.25, -0.2) is 4.98 Å². The summed E-state index contributed by atoms with van der Waals surface area (Å²) in [5, 5.41) is 3.45. The van der Waals surface area contributed by atoms with E-state index in [1.54, 1.807) is 17.7 Å². The number of para-hydroxylation sites is 1. The van der Waals surface area contributed by atoms with Crippen molar-refractivity contribution in [2.75, 3.05) is 6.54 Å². The van der Waals surface area contributed by atoms with Crippen LogP contribution in [0.4, 0.5) is 0 Å². The summed E-state index contributed by atoms with van der Waals surface area (Å²) in [6.07, 6.45) is 1.91. The predicted molar refractivity (Wildman–Crippen MR) is 78.6 cm³/mol. The number of hydrogen-bond acceptors (Lipinski definition) is 3. The first-order valence-electron chi connectivity index (χ1n) is 6.85. The van der Waals surface area contributed by atoms with Crippen molar-refractivity contribution in [3.8, 4) is 0 Å². The molecule has 5 heteroatoms. The van der Waals surface area contributed by atoms with Crippen molar-refractivity contribution in [2.45, 2.75) is 26.2 Å². The SMILES string of the molecule is CCCC(=O)NCCc1nc2ccccc2c(=O)n1C. The van der Waals surface area contributed by atoms with Gasteiger partial charge in [-0.15, -0.1) is 0 Å². The van der Waals surface area contributed by atoms with Crippen LogP contribution in [0.1, 0.15) is 25.6 Å². The molecule has 1 N–H and O–H groups in total. The summed E-state index contributed by atoms with van der Waals surface area (Å²) in [6, 6.07) is 7.30. The topological polar surface area (TPSA) is 64.0 Å². The Bertz CT molecular complexity index is 676. The summed E-state index contributed by atoms with van der Waals surface area (Å²) in [4.78, 5) is 28.1. The maximum atomic E-state index is 12.2. The molecular weight excluding hydrogens is 254 g/mol. The molecule has 106 valence electrons. The molecule has 1 amide bonds. The first-order valence-corrected chi connectivity index (χ1v) is 6.85. The van der Waals surface area contributed by atoms with Crippen LogP contribution in [0.15, 0.2) is 29.1 Å². The number of nitrogens with zero attached hydrogens (tertiary/aromatic N) is 2. The van der Waals surface area contributed by atoms with E-state index in [1.807, 2.05) is 25.1 Å². The van der Waals surface area contributed by atoms with Gasteiger partial charge in [0.2, 0.25) is 5.91 Å². The lowest BCUT2D eigenvalue weighted by Gasteiger charge is -2.09. The highest BCUT2D eigenvalue weighted by Crippen LogP contribution is 2.07. The molecule has 0 aliphatic rings. The van der Waals surface area contributed by atoms with Gasteiger partial charge in [0.15, 0.2) is 0 Å². The van der Waals surface area contributed by atoms with Gasteiger partial charge < -0.3 is 5.32 Å². The molecule has 5 nitrogen and oxygen atoms in total. The second-order valence-corrected chi connectivity index (χ2v) is 4.76. The van der Waals surface area contributed by atoms with Crippen LogP contribution < -0.4 is 10.9 Å². The van der Waals surface area contributed by atoms with Gasteiger partial charge in [-0.05, 0) is 18.6 Å². The quantitative estimate of drug-likeness (QED) is 0.895. The van der Waals surface area contributed by atoms with Crippen molar-refractivity contribution < 1.29 is 4.79 Å². The van der Waals surface area contributed by atoms with Crippen LogP contribution in [-0.4, -0.2) is 22.0 Å². The van der Waals surface area contributed by atoms with Crippen molar-refractivity contribution >= 4 is 16.8 Å². The Balaban J connectivity index is 2.16. The molecule has 1 aromatic heterocycles. The van der Waals surface area contributed by atoms with E-state index < -0.39 is 0 Å². The number of amides is 1. The zero-order chi connectivity index (χ0) is 14.5. The average molecular weight is 273 g/mol. The van der Waals surface area contributed by atoms with Gasteiger partial charge in [0.1, 0.15) is 5.82 Å². The minimum Gasteiger partial charge on any atom is -0.356 e. The number of carbonyl (C=O) groups excluding carboxylic acids is 1. The number of aromatic nitrogens is 2. The minimum absolute atomic E-state index is 0.0401. The lowest BCUT2D eigenvalue weighted by atomic mass is 10.2. The predicted octanol–water partition coefficient (Wildman–Crippen LogP) is 1.39. The minimum atomic E-state index is -0.0505. The molecule has 0 atom stereocenters. The summed E-state index contributed by atoms with van der Waals surface area (Å²) < 4.78 is 1.55. The molecule has 0 aliphatic heterocycles. The number of nitrogens with one attached hydrogen (secondary N) is 1. The zero-order valence-corrected chi connectivity index (χ0v) is 11.8. The molecule has 0 spiro atoms. The van der Waals surface area contributed by atoms with Crippen LogP contribution in [-0.2, 0) is 18.3 Å². The second kappa shape index (κ2) is 6.32. The lowest BCUT2D eigenvalue weighted by Crippen LogP contribution is -2.28. The Morgan fingerprint density at radius 3 is 2.85 bits per heavy atom. The number of hydrogen-bond donors (Lipinski definition) is 1. The van der Waals surface area contributed by atoms with Gasteiger partial charge in [-0.3, -0.25) is 14.2 Å². The molecule has 0 radical (unpaired) electrons. The Kier molecular flexibility index (Phi) is 4.50. The molecule has 1 heterocycles. The van der Waals surface area contributed by atoms with E-state index in [4.69, 9.17) is 0 Å². The highest BCUT2D eigenvalue weighted by molar-refractivity contribution is 5.77. The molecule has 0 saturated carbocycles. The van der Waals surface area contributed by atoms with E-state index in [2.05, 4.69) is 10.3 Å². The van der Waals surface area contributed by atoms with Crippen molar-refractivity contribution in [3.05, 3.63) is 40.4 Å². The highest BCUT2D eigenvalue weighted by Gasteiger charge is 2.08. The van der Waals surface area contributed by atoms with Gasteiger partial charge >= 0.3 is 0 Å². The van der Waals surface area contributed by atoms with Gasteiger partial charge in [0.05, 0.1) is 10.9 Å². The van der Waals surface area contributed by atoms with Crippen molar-refractivity contribution in [1.82, 2.24) is 14.9 Å². The van der Waals surface area contributed by atoms with Gasteiger partial charge in [0.25, 0.3) is 5.56 Å². The van der Waals surface area contributed by atoms with Crippen LogP contribution in [0.5, 0.6) is 0 Å². The summed E-state index contributed by atoms with van der Waals surface area (Å²) in [6.45, 7) is 2.46. The number of benzene rings is 1. The van der Waals surface area contributed by atoms with Crippen molar-refractivity contribution in [3.63, 3.8) is 0 Å². The molecule has 0 bridgehead atoms. The van der Waals surface area contributed by atoms with Gasteiger partial charge in [-0.2, -0.15) is 0 Å². The number of fused-ring (bicyclic) bond motifs is 1. The summed E-state index contributed by atoms with van der Waals surface area (Å²) in [5.74, 6) is 0.726. The Hall–Kier alpha value is -2.17. The van der Waals surface area contributed by atoms with Crippen LogP contribution >= 0.6 is 0 Å². The van der Waals surface area contributed by atoms with Crippen LogP contribution in [0.3, 0.4) is 0 Å². The molecule has 20 heavy (non-hydrogen) atoms. The third-order valence-electron chi connectivity index (χ3n) is 3.22. The van der Waals surface area contributed by atoms with Crippen LogP contribution in [0.2, 0.25) is 0 Å². The fraction of sp³-hybridized carbons (Fsp3) is 0.400. The Morgan fingerprint density at radius 1 is 1.35 bits per heavy atom. The van der Waals surface area contributed by atoms with E-state index >= 15 is 0 Å². The smallest absolute Gasteiger partial charge is 0.261 e. The molecule has 0 unspecified atom stereocenters. The van der Waals surface area contributed by atoms with Gasteiger partial charge in [0, 0.05) is 26.4 Å². The van der Waals surface area contributed by atoms with Crippen LogP contribution in [0, 0.1) is 0 Å². The van der Waals surface area contributed by atoms with E-state index in [0.717, 1.165) is 6.42 Å². The molecular formula is C15H19N3O2. The first kappa shape index (κ1) is 14.2. The monoisotopic (exact) mass is 273 g/mol. The third kappa shape index (κ3) is 3.04. The number of rotatable bonds is 5. The largest absolute Gasteiger partial charge is 0.356 e. The summed E-state index contributed by atoms with van der Waals surface area (Å²) >= 11 is 0. The van der Waals surface area contributed by atoms with E-state index in [1.165, 1.54) is 0 Å². The molecule has 0 aliphatic carbocycles. The third-order valence-corrected chi connectivity index (χ3v) is 3.22. The molecule has 0 fully saturated rings.